The van der Waals surface area contributed by atoms with E-state index in [2.05, 4.69) is 99.8 Å². The van der Waals surface area contributed by atoms with E-state index in [1.807, 2.05) is 6.20 Å². The minimum absolute atomic E-state index is 0.00437. The maximum absolute atomic E-state index is 5.98. The third kappa shape index (κ3) is 1.99. The topological polar surface area (TPSA) is 44.5 Å². The fraction of sp³-hybridized carbons (Fsp3) is 0.0800. The first-order valence-corrected chi connectivity index (χ1v) is 10.1. The molecule has 0 amide bonds. The second-order valence-corrected chi connectivity index (χ2v) is 7.91. The Bertz CT molecular complexity index is 1470. The fourth-order valence-electron chi connectivity index (χ4n) is 4.77. The van der Waals surface area contributed by atoms with Crippen molar-refractivity contribution in [2.75, 3.05) is 15.1 Å². The largest absolute Gasteiger partial charge is 0.438 e. The van der Waals surface area contributed by atoms with Crippen LogP contribution in [0, 0.1) is 6.92 Å². The molecule has 3 aromatic carbocycles. The maximum atomic E-state index is 5.98. The lowest BCUT2D eigenvalue weighted by molar-refractivity contribution is 0.654. The second kappa shape index (κ2) is 5.54. The highest BCUT2D eigenvalue weighted by atomic mass is 16.3. The van der Waals surface area contributed by atoms with Crippen molar-refractivity contribution in [1.82, 2.24) is 4.98 Å². The van der Waals surface area contributed by atoms with Crippen LogP contribution in [0.2, 0.25) is 0 Å². The third-order valence-corrected chi connectivity index (χ3v) is 6.06. The SMILES string of the molecule is Cc1cnc2oc3ccc(N4c5ccccc5N5c6ccccc6NC45)cc3c2c1. The minimum atomic E-state index is -0.00437. The molecule has 1 N–H and O–H groups in total. The molecule has 7 rings (SSSR count). The zero-order valence-electron chi connectivity index (χ0n) is 16.3. The Balaban J connectivity index is 1.45. The average molecular weight is 390 g/mol. The van der Waals surface area contributed by atoms with Gasteiger partial charge in [0.15, 0.2) is 6.29 Å². The highest BCUT2D eigenvalue weighted by Crippen LogP contribution is 2.53. The number of nitrogens with zero attached hydrogens (tertiary/aromatic N) is 3. The van der Waals surface area contributed by atoms with Crippen molar-refractivity contribution in [3.05, 3.63) is 84.6 Å². The van der Waals surface area contributed by atoms with E-state index in [0.29, 0.717) is 5.71 Å². The monoisotopic (exact) mass is 390 g/mol. The maximum Gasteiger partial charge on any atom is 0.227 e. The summed E-state index contributed by atoms with van der Waals surface area (Å²) in [7, 11) is 0. The molecule has 0 spiro atoms. The number of rotatable bonds is 1. The van der Waals surface area contributed by atoms with Crippen molar-refractivity contribution in [1.29, 1.82) is 0 Å². The van der Waals surface area contributed by atoms with Gasteiger partial charge in [-0.3, -0.25) is 4.90 Å². The smallest absolute Gasteiger partial charge is 0.227 e. The van der Waals surface area contributed by atoms with Gasteiger partial charge in [0.1, 0.15) is 5.58 Å². The van der Waals surface area contributed by atoms with Gasteiger partial charge >= 0.3 is 0 Å². The Morgan fingerprint density at radius 2 is 1.60 bits per heavy atom. The summed E-state index contributed by atoms with van der Waals surface area (Å²) in [5.41, 5.74) is 8.53. The van der Waals surface area contributed by atoms with Crippen LogP contribution in [0.4, 0.5) is 28.4 Å². The Labute approximate surface area is 173 Å². The van der Waals surface area contributed by atoms with Gasteiger partial charge in [-0.05, 0) is 61.0 Å². The van der Waals surface area contributed by atoms with Gasteiger partial charge in [0.25, 0.3) is 0 Å². The van der Waals surface area contributed by atoms with Crippen LogP contribution < -0.4 is 15.1 Å². The summed E-state index contributed by atoms with van der Waals surface area (Å²) >= 11 is 0. The number of nitrogens with one attached hydrogen (secondary N) is 1. The molecule has 5 aromatic rings. The molecule has 0 fully saturated rings. The lowest BCUT2D eigenvalue weighted by Gasteiger charge is -2.27. The Hall–Kier alpha value is -3.99. The highest BCUT2D eigenvalue weighted by Gasteiger charge is 2.42. The summed E-state index contributed by atoms with van der Waals surface area (Å²) in [5.74, 6) is 0. The number of anilines is 5. The van der Waals surface area contributed by atoms with Crippen molar-refractivity contribution in [3.63, 3.8) is 0 Å². The highest BCUT2D eigenvalue weighted by molar-refractivity contribution is 6.06. The van der Waals surface area contributed by atoms with Gasteiger partial charge in [0, 0.05) is 22.7 Å². The number of hydrogen-bond acceptors (Lipinski definition) is 5. The first-order valence-electron chi connectivity index (χ1n) is 10.1. The number of aryl methyl sites for hydroxylation is 1. The third-order valence-electron chi connectivity index (χ3n) is 6.06. The quantitative estimate of drug-likeness (QED) is 0.364. The van der Waals surface area contributed by atoms with Crippen LogP contribution in [0.5, 0.6) is 0 Å². The van der Waals surface area contributed by atoms with E-state index in [4.69, 9.17) is 4.42 Å². The van der Waals surface area contributed by atoms with Gasteiger partial charge in [-0.15, -0.1) is 0 Å². The molecular weight excluding hydrogens is 372 g/mol. The van der Waals surface area contributed by atoms with E-state index < -0.39 is 0 Å². The number of hydrogen-bond donors (Lipinski definition) is 1. The molecule has 4 heterocycles. The molecule has 1 unspecified atom stereocenters. The van der Waals surface area contributed by atoms with Crippen molar-refractivity contribution < 1.29 is 4.42 Å². The van der Waals surface area contributed by atoms with Crippen LogP contribution in [-0.4, -0.2) is 11.3 Å². The average Bonchev–Trinajstić information content (AvgIpc) is 3.41. The van der Waals surface area contributed by atoms with Crippen LogP contribution >= 0.6 is 0 Å². The molecule has 2 aliphatic heterocycles. The van der Waals surface area contributed by atoms with Gasteiger partial charge < -0.3 is 14.6 Å². The summed E-state index contributed by atoms with van der Waals surface area (Å²) < 4.78 is 5.98. The van der Waals surface area contributed by atoms with Crippen LogP contribution in [0.25, 0.3) is 22.1 Å². The number of furan rings is 1. The first-order chi connectivity index (χ1) is 14.8. The Kier molecular flexibility index (Phi) is 2.93. The Morgan fingerprint density at radius 3 is 2.47 bits per heavy atom. The van der Waals surface area contributed by atoms with Crippen molar-refractivity contribution >= 4 is 50.5 Å². The van der Waals surface area contributed by atoms with E-state index in [9.17, 15) is 0 Å². The summed E-state index contributed by atoms with van der Waals surface area (Å²) in [6.07, 6.45) is 1.84. The van der Waals surface area contributed by atoms with Gasteiger partial charge in [0.2, 0.25) is 5.71 Å². The van der Waals surface area contributed by atoms with Crippen LogP contribution in [0.15, 0.2) is 83.4 Å². The van der Waals surface area contributed by atoms with E-state index in [0.717, 1.165) is 33.3 Å². The zero-order chi connectivity index (χ0) is 19.8. The molecule has 5 nitrogen and oxygen atoms in total. The molecule has 0 saturated heterocycles. The number of para-hydroxylation sites is 4. The van der Waals surface area contributed by atoms with E-state index in [1.165, 1.54) is 17.1 Å². The van der Waals surface area contributed by atoms with E-state index in [-0.39, 0.29) is 6.29 Å². The Morgan fingerprint density at radius 1 is 0.833 bits per heavy atom. The molecule has 30 heavy (non-hydrogen) atoms. The number of benzene rings is 3. The molecule has 1 atom stereocenters. The number of aromatic nitrogens is 1. The number of fused-ring (bicyclic) bond motifs is 8. The van der Waals surface area contributed by atoms with Crippen LogP contribution in [0.3, 0.4) is 0 Å². The first kappa shape index (κ1) is 15.9. The van der Waals surface area contributed by atoms with E-state index in [1.54, 1.807) is 0 Å². The summed E-state index contributed by atoms with van der Waals surface area (Å²) in [6.45, 7) is 2.06. The fourth-order valence-corrected chi connectivity index (χ4v) is 4.77. The van der Waals surface area contributed by atoms with Crippen molar-refractivity contribution in [3.8, 4) is 0 Å². The standard InChI is InChI=1S/C25H18N4O/c1-15-12-18-17-13-16(10-11-23(17)30-24(18)26-14-15)28-21-8-4-5-9-22(21)29-20-7-3-2-6-19(20)27-25(28)29/h2-14,25,27H,1H3. The van der Waals surface area contributed by atoms with Crippen molar-refractivity contribution in [2.24, 2.45) is 0 Å². The summed E-state index contributed by atoms with van der Waals surface area (Å²) in [4.78, 5) is 9.19. The van der Waals surface area contributed by atoms with Gasteiger partial charge in [-0.1, -0.05) is 24.3 Å². The van der Waals surface area contributed by atoms with Crippen LogP contribution in [-0.2, 0) is 0 Å². The lowest BCUT2D eigenvalue weighted by atomic mass is 10.1. The van der Waals surface area contributed by atoms with Crippen LogP contribution in [0.1, 0.15) is 5.56 Å². The normalized spacial score (nSPS) is 16.6. The predicted molar refractivity (Wildman–Crippen MR) is 121 cm³/mol. The predicted octanol–water partition coefficient (Wildman–Crippen LogP) is 6.29. The molecule has 2 aromatic heterocycles. The molecule has 2 aliphatic rings. The van der Waals surface area contributed by atoms with Gasteiger partial charge in [-0.25, -0.2) is 4.98 Å². The summed E-state index contributed by atoms with van der Waals surface area (Å²) in [5, 5.41) is 5.84. The molecule has 0 bridgehead atoms. The minimum Gasteiger partial charge on any atom is -0.438 e. The van der Waals surface area contributed by atoms with Crippen molar-refractivity contribution in [2.45, 2.75) is 13.2 Å². The number of pyridine rings is 1. The zero-order valence-corrected chi connectivity index (χ0v) is 16.3. The molecule has 0 aliphatic carbocycles. The molecule has 144 valence electrons. The molecule has 5 heteroatoms. The van der Waals surface area contributed by atoms with Gasteiger partial charge in [0.05, 0.1) is 22.7 Å². The molecular formula is C25H18N4O. The van der Waals surface area contributed by atoms with E-state index >= 15 is 0 Å². The summed E-state index contributed by atoms with van der Waals surface area (Å²) in [6, 6.07) is 25.6. The molecule has 0 radical (unpaired) electrons. The lowest BCUT2D eigenvalue weighted by Crippen LogP contribution is -2.40. The molecule has 0 saturated carbocycles. The van der Waals surface area contributed by atoms with Gasteiger partial charge in [-0.2, -0.15) is 0 Å². The second-order valence-electron chi connectivity index (χ2n) is 7.91.